The molecule has 2 aromatic rings. The monoisotopic (exact) mass is 529 g/mol. The minimum atomic E-state index is -0.471. The molecule has 0 atom stereocenters. The number of carbonyl (C=O) groups is 2. The zero-order valence-corrected chi connectivity index (χ0v) is 21.6. The van der Waals surface area contributed by atoms with Crippen LogP contribution in [0.1, 0.15) is 18.9 Å². The SMILES string of the molecule is C/C=C(\C=C(/C=N)NC(=O)CCN(C)CC(=O)OC)c1cc(-c2cc(Cl)ccc2F)nc2c1OCCN2. The summed E-state index contributed by atoms with van der Waals surface area (Å²) in [7, 11) is 3.01. The highest BCUT2D eigenvalue weighted by atomic mass is 35.5. The predicted molar refractivity (Wildman–Crippen MR) is 141 cm³/mol. The molecule has 0 bridgehead atoms. The third-order valence-electron chi connectivity index (χ3n) is 5.54. The molecule has 0 radical (unpaired) electrons. The van der Waals surface area contributed by atoms with Crippen LogP contribution >= 0.6 is 11.6 Å². The molecule has 0 aliphatic carbocycles. The lowest BCUT2D eigenvalue weighted by atomic mass is 10.00. The van der Waals surface area contributed by atoms with E-state index in [2.05, 4.69) is 20.4 Å². The van der Waals surface area contributed by atoms with E-state index < -0.39 is 11.8 Å². The average Bonchev–Trinajstić information content (AvgIpc) is 2.90. The van der Waals surface area contributed by atoms with Crippen LogP contribution in [-0.2, 0) is 14.3 Å². The van der Waals surface area contributed by atoms with Gasteiger partial charge in [-0.2, -0.15) is 0 Å². The van der Waals surface area contributed by atoms with Crippen molar-refractivity contribution in [3.8, 4) is 17.0 Å². The first-order chi connectivity index (χ1) is 17.7. The van der Waals surface area contributed by atoms with E-state index in [1.54, 1.807) is 37.1 Å². The van der Waals surface area contributed by atoms with Gasteiger partial charge in [-0.1, -0.05) is 17.7 Å². The van der Waals surface area contributed by atoms with Gasteiger partial charge in [0, 0.05) is 35.3 Å². The van der Waals surface area contributed by atoms with Crippen molar-refractivity contribution in [3.63, 3.8) is 0 Å². The largest absolute Gasteiger partial charge is 0.487 e. The number of esters is 1. The Morgan fingerprint density at radius 3 is 2.86 bits per heavy atom. The third kappa shape index (κ3) is 7.37. The Balaban J connectivity index is 1.89. The molecular weight excluding hydrogens is 501 g/mol. The molecule has 0 saturated heterocycles. The number of carbonyl (C=O) groups excluding carboxylic acids is 2. The summed E-state index contributed by atoms with van der Waals surface area (Å²) in [6.45, 7) is 3.15. The number of ether oxygens (including phenoxy) is 2. The van der Waals surface area contributed by atoms with E-state index in [1.165, 1.54) is 25.3 Å². The normalized spacial score (nSPS) is 13.4. The van der Waals surface area contributed by atoms with Crippen LogP contribution in [0.2, 0.25) is 5.02 Å². The van der Waals surface area contributed by atoms with E-state index >= 15 is 0 Å². The number of halogens is 2. The van der Waals surface area contributed by atoms with Gasteiger partial charge in [0.1, 0.15) is 12.4 Å². The average molecular weight is 530 g/mol. The minimum Gasteiger partial charge on any atom is -0.487 e. The van der Waals surface area contributed by atoms with Crippen molar-refractivity contribution < 1.29 is 23.5 Å². The maximum absolute atomic E-state index is 14.6. The number of nitrogens with zero attached hydrogens (tertiary/aromatic N) is 2. The fourth-order valence-electron chi connectivity index (χ4n) is 3.65. The molecule has 9 nitrogen and oxygen atoms in total. The maximum Gasteiger partial charge on any atom is 0.319 e. The summed E-state index contributed by atoms with van der Waals surface area (Å²) < 4.78 is 25.2. The number of allylic oxidation sites excluding steroid dienone is 4. The second-order valence-electron chi connectivity index (χ2n) is 8.23. The number of benzene rings is 1. The molecule has 196 valence electrons. The van der Waals surface area contributed by atoms with Crippen LogP contribution < -0.4 is 15.4 Å². The number of fused-ring (bicyclic) bond motifs is 1. The van der Waals surface area contributed by atoms with Gasteiger partial charge in [0.15, 0.2) is 11.6 Å². The summed E-state index contributed by atoms with van der Waals surface area (Å²) in [4.78, 5) is 30.1. The standard InChI is InChI=1S/C26H29ClFN5O4/c1-4-16(11-18(14-29)31-23(34)7-9-33(2)15-24(35)36-3)19-13-22(20-12-17(27)5-6-21(20)28)32-26-25(19)37-10-8-30-26/h4-6,11-14,29H,7-10,15H2,1-3H3,(H,30,32)(H,31,34)/b16-4+,18-11+,29-14?. The first kappa shape index (κ1) is 27.8. The van der Waals surface area contributed by atoms with E-state index in [-0.39, 0.29) is 30.1 Å². The molecule has 1 aliphatic heterocycles. The van der Waals surface area contributed by atoms with Crippen LogP contribution in [-0.4, -0.2) is 68.4 Å². The zero-order chi connectivity index (χ0) is 26.9. The minimum absolute atomic E-state index is 0.0660. The molecule has 1 amide bonds. The summed E-state index contributed by atoms with van der Waals surface area (Å²) in [5, 5.41) is 14.1. The van der Waals surface area contributed by atoms with Crippen LogP contribution in [0.3, 0.4) is 0 Å². The zero-order valence-electron chi connectivity index (χ0n) is 20.9. The molecule has 37 heavy (non-hydrogen) atoms. The Kier molecular flexibility index (Phi) is 9.76. The van der Waals surface area contributed by atoms with Crippen molar-refractivity contribution in [2.24, 2.45) is 0 Å². The molecule has 11 heteroatoms. The quantitative estimate of drug-likeness (QED) is 0.243. The topological polar surface area (TPSA) is 117 Å². The summed E-state index contributed by atoms with van der Waals surface area (Å²) in [5.41, 5.74) is 2.08. The number of methoxy groups -OCH3 is 1. The van der Waals surface area contributed by atoms with Gasteiger partial charge in [-0.05, 0) is 49.9 Å². The van der Waals surface area contributed by atoms with Gasteiger partial charge >= 0.3 is 5.97 Å². The lowest BCUT2D eigenvalue weighted by Crippen LogP contribution is -2.32. The lowest BCUT2D eigenvalue weighted by Gasteiger charge is -2.23. The highest BCUT2D eigenvalue weighted by molar-refractivity contribution is 6.30. The Labute approximate surface area is 219 Å². The van der Waals surface area contributed by atoms with Gasteiger partial charge < -0.3 is 25.5 Å². The van der Waals surface area contributed by atoms with Crippen molar-refractivity contribution >= 4 is 41.1 Å². The molecule has 0 saturated carbocycles. The molecule has 0 unspecified atom stereocenters. The number of aromatic nitrogens is 1. The summed E-state index contributed by atoms with van der Waals surface area (Å²) in [5.74, 6) is -0.239. The molecule has 1 aromatic heterocycles. The van der Waals surface area contributed by atoms with E-state index in [4.69, 9.17) is 21.7 Å². The molecule has 3 N–H and O–H groups in total. The fraction of sp³-hybridized carbons (Fsp3) is 0.308. The number of rotatable bonds is 10. The number of hydrogen-bond donors (Lipinski definition) is 3. The first-order valence-electron chi connectivity index (χ1n) is 11.6. The van der Waals surface area contributed by atoms with Gasteiger partial charge in [0.2, 0.25) is 5.91 Å². The molecule has 0 fully saturated rings. The van der Waals surface area contributed by atoms with Crippen LogP contribution in [0.4, 0.5) is 10.2 Å². The third-order valence-corrected chi connectivity index (χ3v) is 5.77. The van der Waals surface area contributed by atoms with Crippen molar-refractivity contribution in [2.45, 2.75) is 13.3 Å². The van der Waals surface area contributed by atoms with Crippen LogP contribution in [0.5, 0.6) is 5.75 Å². The van der Waals surface area contributed by atoms with Gasteiger partial charge in [-0.3, -0.25) is 14.5 Å². The molecule has 1 aromatic carbocycles. The lowest BCUT2D eigenvalue weighted by molar-refractivity contribution is -0.141. The highest BCUT2D eigenvalue weighted by Gasteiger charge is 2.21. The maximum atomic E-state index is 14.6. The number of pyridine rings is 1. The van der Waals surface area contributed by atoms with E-state index in [9.17, 15) is 14.0 Å². The Morgan fingerprint density at radius 2 is 2.16 bits per heavy atom. The number of anilines is 1. The van der Waals surface area contributed by atoms with Crippen molar-refractivity contribution in [1.29, 1.82) is 5.41 Å². The van der Waals surface area contributed by atoms with Crippen molar-refractivity contribution in [1.82, 2.24) is 15.2 Å². The molecule has 3 rings (SSSR count). The molecular formula is C26H29ClFN5O4. The second kappa shape index (κ2) is 13.0. The van der Waals surface area contributed by atoms with Gasteiger partial charge in [-0.25, -0.2) is 9.37 Å². The van der Waals surface area contributed by atoms with E-state index in [0.717, 1.165) is 6.21 Å². The van der Waals surface area contributed by atoms with Crippen LogP contribution in [0, 0.1) is 11.2 Å². The molecule has 2 heterocycles. The summed E-state index contributed by atoms with van der Waals surface area (Å²) >= 11 is 6.11. The molecule has 0 spiro atoms. The van der Waals surface area contributed by atoms with E-state index in [1.807, 2.05) is 0 Å². The van der Waals surface area contributed by atoms with Gasteiger partial charge in [0.25, 0.3) is 0 Å². The fourth-order valence-corrected chi connectivity index (χ4v) is 3.82. The first-order valence-corrected chi connectivity index (χ1v) is 11.9. The Bertz CT molecular complexity index is 1250. The van der Waals surface area contributed by atoms with Crippen LogP contribution in [0.25, 0.3) is 16.8 Å². The highest BCUT2D eigenvalue weighted by Crippen LogP contribution is 2.39. The number of likely N-dealkylation sites (N-methyl/N-ethyl adjacent to an activating group) is 1. The summed E-state index contributed by atoms with van der Waals surface area (Å²) in [6, 6.07) is 5.94. The molecule has 1 aliphatic rings. The van der Waals surface area contributed by atoms with Gasteiger partial charge in [-0.15, -0.1) is 0 Å². The van der Waals surface area contributed by atoms with Crippen LogP contribution in [0.15, 0.2) is 42.1 Å². The van der Waals surface area contributed by atoms with Crippen molar-refractivity contribution in [2.75, 3.05) is 45.7 Å². The Hall–Kier alpha value is -3.76. The number of amides is 1. The predicted octanol–water partition coefficient (Wildman–Crippen LogP) is 3.89. The Morgan fingerprint density at radius 1 is 1.38 bits per heavy atom. The van der Waals surface area contributed by atoms with Gasteiger partial charge in [0.05, 0.1) is 31.6 Å². The smallest absolute Gasteiger partial charge is 0.319 e. The summed E-state index contributed by atoms with van der Waals surface area (Å²) in [6.07, 6.45) is 4.57. The van der Waals surface area contributed by atoms with Crippen molar-refractivity contribution in [3.05, 3.63) is 58.5 Å². The number of hydrogen-bond acceptors (Lipinski definition) is 8. The number of nitrogens with one attached hydrogen (secondary N) is 3. The second-order valence-corrected chi connectivity index (χ2v) is 8.67. The van der Waals surface area contributed by atoms with E-state index in [0.29, 0.717) is 53.1 Å².